The molecule has 0 radical (unpaired) electrons. The maximum atomic E-state index is 12.5. The molecule has 1 aliphatic carbocycles. The van der Waals surface area contributed by atoms with Crippen LogP contribution in [0.4, 0.5) is 5.82 Å². The molecule has 1 aromatic rings. The molecule has 5 heteroatoms. The molecule has 110 valence electrons. The van der Waals surface area contributed by atoms with Crippen LogP contribution >= 0.6 is 11.6 Å². The summed E-state index contributed by atoms with van der Waals surface area (Å²) in [5.74, 6) is 1.07. The summed E-state index contributed by atoms with van der Waals surface area (Å²) in [5.41, 5.74) is 6.16. The maximum Gasteiger partial charge on any atom is 0.254 e. The number of anilines is 1. The number of carbonyl (C=O) groups excluding carboxylic acids is 1. The van der Waals surface area contributed by atoms with E-state index in [0.29, 0.717) is 11.6 Å². The minimum absolute atomic E-state index is 0.0269. The second-order valence-corrected chi connectivity index (χ2v) is 5.99. The Labute approximate surface area is 125 Å². The van der Waals surface area contributed by atoms with Gasteiger partial charge in [-0.3, -0.25) is 4.79 Å². The van der Waals surface area contributed by atoms with E-state index < -0.39 is 0 Å². The van der Waals surface area contributed by atoms with Crippen LogP contribution in [0.25, 0.3) is 0 Å². The molecule has 2 N–H and O–H groups in total. The normalized spacial score (nSPS) is 22.6. The molecule has 0 atom stereocenters. The Balaban J connectivity index is 2.05. The van der Waals surface area contributed by atoms with Crippen molar-refractivity contribution < 1.29 is 4.79 Å². The fourth-order valence-corrected chi connectivity index (χ4v) is 3.17. The standard InChI is InChI=1S/C15H22ClN3O/c1-3-10-4-6-12(7-5-10)19(2)15(20)11-8-13(16)18-14(17)9-11/h8-10,12H,3-7H2,1-2H3,(H2,17,18). The number of halogens is 1. The molecule has 1 saturated carbocycles. The van der Waals surface area contributed by atoms with Crippen molar-refractivity contribution in [2.45, 2.75) is 45.1 Å². The van der Waals surface area contributed by atoms with Crippen molar-refractivity contribution in [2.24, 2.45) is 5.92 Å². The van der Waals surface area contributed by atoms with Gasteiger partial charge in [-0.05, 0) is 43.7 Å². The second kappa shape index (κ2) is 6.44. The predicted molar refractivity (Wildman–Crippen MR) is 81.8 cm³/mol. The van der Waals surface area contributed by atoms with Crippen LogP contribution in [0.3, 0.4) is 0 Å². The third kappa shape index (κ3) is 3.42. The van der Waals surface area contributed by atoms with E-state index in [-0.39, 0.29) is 16.9 Å². The van der Waals surface area contributed by atoms with Gasteiger partial charge in [0.1, 0.15) is 11.0 Å². The molecule has 0 aliphatic heterocycles. The van der Waals surface area contributed by atoms with Gasteiger partial charge in [-0.1, -0.05) is 24.9 Å². The van der Waals surface area contributed by atoms with E-state index in [1.807, 2.05) is 11.9 Å². The first-order valence-electron chi connectivity index (χ1n) is 7.21. The molecule has 0 saturated heterocycles. The number of rotatable bonds is 3. The molecule has 0 aromatic carbocycles. The zero-order valence-corrected chi connectivity index (χ0v) is 12.9. The van der Waals surface area contributed by atoms with Crippen LogP contribution in [0.5, 0.6) is 0 Å². The first-order chi connectivity index (χ1) is 9.51. The SMILES string of the molecule is CCC1CCC(N(C)C(=O)c2cc(N)nc(Cl)c2)CC1. The molecular weight excluding hydrogens is 274 g/mol. The largest absolute Gasteiger partial charge is 0.384 e. The van der Waals surface area contributed by atoms with Crippen LogP contribution in [-0.4, -0.2) is 28.9 Å². The van der Waals surface area contributed by atoms with Crippen LogP contribution in [-0.2, 0) is 0 Å². The summed E-state index contributed by atoms with van der Waals surface area (Å²) >= 11 is 5.86. The van der Waals surface area contributed by atoms with Gasteiger partial charge in [-0.25, -0.2) is 4.98 Å². The minimum atomic E-state index is -0.0269. The van der Waals surface area contributed by atoms with Gasteiger partial charge < -0.3 is 10.6 Å². The quantitative estimate of drug-likeness (QED) is 0.870. The first kappa shape index (κ1) is 15.1. The van der Waals surface area contributed by atoms with Crippen molar-refractivity contribution in [1.82, 2.24) is 9.88 Å². The zero-order chi connectivity index (χ0) is 14.7. The molecule has 2 rings (SSSR count). The lowest BCUT2D eigenvalue weighted by molar-refractivity contribution is 0.0674. The average molecular weight is 296 g/mol. The fraction of sp³-hybridized carbons (Fsp3) is 0.600. The lowest BCUT2D eigenvalue weighted by atomic mass is 9.84. The Kier molecular flexibility index (Phi) is 4.86. The van der Waals surface area contributed by atoms with Crippen LogP contribution < -0.4 is 5.73 Å². The minimum Gasteiger partial charge on any atom is -0.384 e. The van der Waals surface area contributed by atoms with Crippen LogP contribution in [0.2, 0.25) is 5.15 Å². The molecule has 1 heterocycles. The monoisotopic (exact) mass is 295 g/mol. The Morgan fingerprint density at radius 3 is 2.60 bits per heavy atom. The maximum absolute atomic E-state index is 12.5. The molecule has 1 aromatic heterocycles. The number of nitrogens with two attached hydrogens (primary N) is 1. The number of aromatic nitrogens is 1. The number of nitrogen functional groups attached to an aromatic ring is 1. The van der Waals surface area contributed by atoms with Gasteiger partial charge in [0.15, 0.2) is 0 Å². The van der Waals surface area contributed by atoms with Gasteiger partial charge in [-0.15, -0.1) is 0 Å². The second-order valence-electron chi connectivity index (χ2n) is 5.60. The highest BCUT2D eigenvalue weighted by Crippen LogP contribution is 2.29. The van der Waals surface area contributed by atoms with Gasteiger partial charge in [0.25, 0.3) is 5.91 Å². The highest BCUT2D eigenvalue weighted by molar-refractivity contribution is 6.29. The number of hydrogen-bond donors (Lipinski definition) is 1. The van der Waals surface area contributed by atoms with E-state index >= 15 is 0 Å². The van der Waals surface area contributed by atoms with Crippen LogP contribution in [0.1, 0.15) is 49.4 Å². The molecule has 1 aliphatic rings. The van der Waals surface area contributed by atoms with E-state index in [4.69, 9.17) is 17.3 Å². The summed E-state index contributed by atoms with van der Waals surface area (Å²) in [6, 6.07) is 3.48. The average Bonchev–Trinajstić information content (AvgIpc) is 2.45. The van der Waals surface area contributed by atoms with Crippen molar-refractivity contribution in [1.29, 1.82) is 0 Å². The Hall–Kier alpha value is -1.29. The summed E-state index contributed by atoms with van der Waals surface area (Å²) in [7, 11) is 1.86. The summed E-state index contributed by atoms with van der Waals surface area (Å²) in [4.78, 5) is 18.2. The molecule has 1 amide bonds. The summed E-state index contributed by atoms with van der Waals surface area (Å²) in [5, 5.41) is 0.261. The van der Waals surface area contributed by atoms with Crippen molar-refractivity contribution >= 4 is 23.3 Å². The number of nitrogens with zero attached hydrogens (tertiary/aromatic N) is 2. The van der Waals surface area contributed by atoms with Crippen molar-refractivity contribution in [3.63, 3.8) is 0 Å². The molecule has 0 unspecified atom stereocenters. The van der Waals surface area contributed by atoms with Gasteiger partial charge in [-0.2, -0.15) is 0 Å². The highest BCUT2D eigenvalue weighted by atomic mass is 35.5. The van der Waals surface area contributed by atoms with Gasteiger partial charge in [0, 0.05) is 18.7 Å². The third-order valence-corrected chi connectivity index (χ3v) is 4.52. The topological polar surface area (TPSA) is 59.2 Å². The zero-order valence-electron chi connectivity index (χ0n) is 12.1. The number of amides is 1. The predicted octanol–water partition coefficient (Wildman–Crippen LogP) is 3.36. The third-order valence-electron chi connectivity index (χ3n) is 4.32. The Morgan fingerprint density at radius 1 is 1.40 bits per heavy atom. The molecule has 0 bridgehead atoms. The van der Waals surface area contributed by atoms with Crippen molar-refractivity contribution in [3.05, 3.63) is 22.8 Å². The van der Waals surface area contributed by atoms with E-state index in [1.165, 1.54) is 19.3 Å². The molecule has 0 spiro atoms. The van der Waals surface area contributed by atoms with Crippen LogP contribution in [0.15, 0.2) is 12.1 Å². The Morgan fingerprint density at radius 2 is 2.05 bits per heavy atom. The number of hydrogen-bond acceptors (Lipinski definition) is 3. The lowest BCUT2D eigenvalue weighted by Gasteiger charge is -2.34. The summed E-state index contributed by atoms with van der Waals surface area (Å²) in [6.07, 6.45) is 5.81. The van der Waals surface area contributed by atoms with Gasteiger partial charge >= 0.3 is 0 Å². The van der Waals surface area contributed by atoms with Crippen LogP contribution in [0, 0.1) is 5.92 Å². The first-order valence-corrected chi connectivity index (χ1v) is 7.59. The molecule has 4 nitrogen and oxygen atoms in total. The van der Waals surface area contributed by atoms with Crippen molar-refractivity contribution in [3.8, 4) is 0 Å². The van der Waals surface area contributed by atoms with E-state index in [2.05, 4.69) is 11.9 Å². The van der Waals surface area contributed by atoms with E-state index in [9.17, 15) is 4.79 Å². The summed E-state index contributed by atoms with van der Waals surface area (Å²) < 4.78 is 0. The molecular formula is C15H22ClN3O. The number of pyridine rings is 1. The smallest absolute Gasteiger partial charge is 0.254 e. The Bertz CT molecular complexity index is 464. The van der Waals surface area contributed by atoms with E-state index in [0.717, 1.165) is 18.8 Å². The van der Waals surface area contributed by atoms with Gasteiger partial charge in [0.05, 0.1) is 0 Å². The lowest BCUT2D eigenvalue weighted by Crippen LogP contribution is -2.39. The van der Waals surface area contributed by atoms with Gasteiger partial charge in [0.2, 0.25) is 0 Å². The van der Waals surface area contributed by atoms with Crippen molar-refractivity contribution in [2.75, 3.05) is 12.8 Å². The molecule has 1 fully saturated rings. The number of carbonyl (C=O) groups is 1. The van der Waals surface area contributed by atoms with E-state index in [1.54, 1.807) is 12.1 Å². The molecule has 20 heavy (non-hydrogen) atoms. The summed E-state index contributed by atoms with van der Waals surface area (Å²) in [6.45, 7) is 2.24. The fourth-order valence-electron chi connectivity index (χ4n) is 2.95. The highest BCUT2D eigenvalue weighted by Gasteiger charge is 2.26.